The number of nitrogens with zero attached hydrogens (tertiary/aromatic N) is 2. The highest BCUT2D eigenvalue weighted by Gasteiger charge is 2.15. The molecule has 120 valence electrons. The fraction of sp³-hybridized carbons (Fsp3) is 0.562. The van der Waals surface area contributed by atoms with Crippen LogP contribution in [0, 0.1) is 0 Å². The average Bonchev–Trinajstić information content (AvgIpc) is 2.55. The van der Waals surface area contributed by atoms with Crippen LogP contribution in [0.2, 0.25) is 0 Å². The van der Waals surface area contributed by atoms with E-state index in [1.807, 2.05) is 18.2 Å². The summed E-state index contributed by atoms with van der Waals surface area (Å²) in [7, 11) is 0. The first-order valence-corrected chi connectivity index (χ1v) is 7.97. The molecule has 6 nitrogen and oxygen atoms in total. The van der Waals surface area contributed by atoms with Crippen molar-refractivity contribution >= 4 is 11.9 Å². The Morgan fingerprint density at radius 1 is 1.32 bits per heavy atom. The zero-order chi connectivity index (χ0) is 15.6. The fourth-order valence-electron chi connectivity index (χ4n) is 2.60. The van der Waals surface area contributed by atoms with Gasteiger partial charge in [-0.2, -0.15) is 0 Å². The second-order valence-electron chi connectivity index (χ2n) is 5.60. The number of amides is 1. The molecule has 0 spiro atoms. The molecule has 0 atom stereocenters. The zero-order valence-electron chi connectivity index (χ0n) is 12.9. The fourth-order valence-corrected chi connectivity index (χ4v) is 2.60. The number of nitrogens with two attached hydrogens (primary N) is 1. The number of pyridine rings is 1. The van der Waals surface area contributed by atoms with Gasteiger partial charge in [0.15, 0.2) is 5.96 Å². The Hall–Kier alpha value is -2.11. The smallest absolute Gasteiger partial charge is 0.242 e. The van der Waals surface area contributed by atoms with Gasteiger partial charge in [-0.15, -0.1) is 0 Å². The van der Waals surface area contributed by atoms with Crippen molar-refractivity contribution in [3.63, 3.8) is 0 Å². The molecule has 1 aromatic rings. The molecule has 1 aliphatic rings. The highest BCUT2D eigenvalue weighted by molar-refractivity contribution is 5.84. The van der Waals surface area contributed by atoms with E-state index in [9.17, 15) is 4.79 Å². The lowest BCUT2D eigenvalue weighted by Gasteiger charge is -2.22. The minimum atomic E-state index is -0.0543. The molecule has 22 heavy (non-hydrogen) atoms. The Labute approximate surface area is 131 Å². The van der Waals surface area contributed by atoms with E-state index in [1.54, 1.807) is 6.20 Å². The molecule has 1 saturated carbocycles. The van der Waals surface area contributed by atoms with Crippen LogP contribution in [0.25, 0.3) is 0 Å². The van der Waals surface area contributed by atoms with E-state index in [0.717, 1.165) is 25.0 Å². The van der Waals surface area contributed by atoms with Crippen LogP contribution in [-0.2, 0) is 11.2 Å². The molecular weight excluding hydrogens is 278 g/mol. The first-order valence-electron chi connectivity index (χ1n) is 7.97. The van der Waals surface area contributed by atoms with Gasteiger partial charge in [0.25, 0.3) is 0 Å². The van der Waals surface area contributed by atoms with Crippen LogP contribution in [0.1, 0.15) is 37.8 Å². The molecule has 1 aliphatic carbocycles. The van der Waals surface area contributed by atoms with Gasteiger partial charge in [-0.1, -0.05) is 25.3 Å². The number of hydrogen-bond donors (Lipinski definition) is 3. The first kappa shape index (κ1) is 16.3. The minimum absolute atomic E-state index is 0.0543. The predicted octanol–water partition coefficient (Wildman–Crippen LogP) is 0.977. The summed E-state index contributed by atoms with van der Waals surface area (Å²) in [5.41, 5.74) is 6.76. The van der Waals surface area contributed by atoms with Gasteiger partial charge < -0.3 is 16.4 Å². The number of aliphatic imine (C=N–C) groups is 1. The summed E-state index contributed by atoms with van der Waals surface area (Å²) in [5.74, 6) is 0.246. The van der Waals surface area contributed by atoms with Gasteiger partial charge in [-0.05, 0) is 25.0 Å². The van der Waals surface area contributed by atoms with Crippen molar-refractivity contribution in [2.45, 2.75) is 44.6 Å². The summed E-state index contributed by atoms with van der Waals surface area (Å²) in [4.78, 5) is 20.1. The topological polar surface area (TPSA) is 92.4 Å². The maximum Gasteiger partial charge on any atom is 0.242 e. The van der Waals surface area contributed by atoms with E-state index in [0.29, 0.717) is 18.5 Å². The number of aromatic nitrogens is 1. The monoisotopic (exact) mass is 303 g/mol. The second kappa shape index (κ2) is 9.02. The Balaban J connectivity index is 1.63. The molecule has 1 heterocycles. The van der Waals surface area contributed by atoms with E-state index in [-0.39, 0.29) is 12.5 Å². The molecule has 2 rings (SSSR count). The molecule has 4 N–H and O–H groups in total. The lowest BCUT2D eigenvalue weighted by molar-refractivity contribution is -0.120. The summed E-state index contributed by atoms with van der Waals surface area (Å²) >= 11 is 0. The highest BCUT2D eigenvalue weighted by atomic mass is 16.1. The first-order chi connectivity index (χ1) is 10.7. The van der Waals surface area contributed by atoms with Crippen molar-refractivity contribution < 1.29 is 4.79 Å². The van der Waals surface area contributed by atoms with Crippen molar-refractivity contribution in [1.29, 1.82) is 0 Å². The Morgan fingerprint density at radius 3 is 2.86 bits per heavy atom. The average molecular weight is 303 g/mol. The third-order valence-electron chi connectivity index (χ3n) is 3.78. The zero-order valence-corrected chi connectivity index (χ0v) is 12.9. The molecule has 0 aliphatic heterocycles. The van der Waals surface area contributed by atoms with Crippen molar-refractivity contribution in [2.24, 2.45) is 10.7 Å². The molecule has 0 saturated heterocycles. The largest absolute Gasteiger partial charge is 0.370 e. The van der Waals surface area contributed by atoms with Gasteiger partial charge in [0.05, 0.1) is 0 Å². The van der Waals surface area contributed by atoms with Crippen LogP contribution < -0.4 is 16.4 Å². The van der Waals surface area contributed by atoms with E-state index in [4.69, 9.17) is 5.73 Å². The Morgan fingerprint density at radius 2 is 2.14 bits per heavy atom. The molecule has 0 radical (unpaired) electrons. The van der Waals surface area contributed by atoms with Gasteiger partial charge in [0.2, 0.25) is 5.91 Å². The number of rotatable bonds is 6. The highest BCUT2D eigenvalue weighted by Crippen LogP contribution is 2.17. The normalized spacial score (nSPS) is 16.3. The van der Waals surface area contributed by atoms with Crippen LogP contribution in [-0.4, -0.2) is 36.0 Å². The van der Waals surface area contributed by atoms with Crippen molar-refractivity contribution in [2.75, 3.05) is 13.1 Å². The lowest BCUT2D eigenvalue weighted by Crippen LogP contribution is -2.39. The maximum atomic E-state index is 11.8. The van der Waals surface area contributed by atoms with Crippen molar-refractivity contribution in [3.8, 4) is 0 Å². The molecule has 1 aromatic heterocycles. The number of carbonyl (C=O) groups is 1. The van der Waals surface area contributed by atoms with Gasteiger partial charge in [0.1, 0.15) is 6.54 Å². The van der Waals surface area contributed by atoms with Crippen LogP contribution in [0.3, 0.4) is 0 Å². The summed E-state index contributed by atoms with van der Waals surface area (Å²) in [6, 6.07) is 6.12. The molecule has 6 heteroatoms. The van der Waals surface area contributed by atoms with Crippen LogP contribution in [0.15, 0.2) is 29.4 Å². The Bertz CT molecular complexity index is 483. The van der Waals surface area contributed by atoms with Gasteiger partial charge in [-0.3, -0.25) is 9.78 Å². The lowest BCUT2D eigenvalue weighted by atomic mass is 9.95. The third-order valence-corrected chi connectivity index (χ3v) is 3.78. The molecule has 1 fully saturated rings. The number of guanidine groups is 1. The molecular formula is C16H25N5O. The minimum Gasteiger partial charge on any atom is -0.370 e. The maximum absolute atomic E-state index is 11.8. The Kier molecular flexibility index (Phi) is 6.67. The summed E-state index contributed by atoms with van der Waals surface area (Å²) in [6.45, 7) is 0.732. The van der Waals surface area contributed by atoms with Crippen LogP contribution >= 0.6 is 0 Å². The van der Waals surface area contributed by atoms with Crippen molar-refractivity contribution in [3.05, 3.63) is 30.1 Å². The number of carbonyl (C=O) groups excluding carboxylic acids is 1. The molecule has 0 unspecified atom stereocenters. The van der Waals surface area contributed by atoms with E-state index in [1.165, 1.54) is 19.3 Å². The van der Waals surface area contributed by atoms with E-state index in [2.05, 4.69) is 20.6 Å². The second-order valence-corrected chi connectivity index (χ2v) is 5.60. The third kappa shape index (κ3) is 6.11. The number of hydrogen-bond acceptors (Lipinski definition) is 3. The molecule has 1 amide bonds. The summed E-state index contributed by atoms with van der Waals surface area (Å²) < 4.78 is 0. The molecule has 0 bridgehead atoms. The SMILES string of the molecule is NC(=NCC(=O)NC1CCCCC1)NCCc1ccccn1. The summed E-state index contributed by atoms with van der Waals surface area (Å²) in [5, 5.41) is 6.01. The molecule has 0 aromatic carbocycles. The summed E-state index contributed by atoms with van der Waals surface area (Å²) in [6.07, 6.45) is 8.36. The standard InChI is InChI=1S/C16H25N5O/c17-16(19-11-9-13-6-4-5-10-18-13)20-12-15(22)21-14-7-2-1-3-8-14/h4-6,10,14H,1-3,7-9,11-12H2,(H,21,22)(H3,17,19,20). The van der Waals surface area contributed by atoms with Gasteiger partial charge >= 0.3 is 0 Å². The van der Waals surface area contributed by atoms with Crippen LogP contribution in [0.5, 0.6) is 0 Å². The van der Waals surface area contributed by atoms with Gasteiger partial charge in [-0.25, -0.2) is 4.99 Å². The predicted molar refractivity (Wildman–Crippen MR) is 87.4 cm³/mol. The number of nitrogens with one attached hydrogen (secondary N) is 2. The quantitative estimate of drug-likeness (QED) is 0.539. The van der Waals surface area contributed by atoms with E-state index >= 15 is 0 Å². The van der Waals surface area contributed by atoms with E-state index < -0.39 is 0 Å². The van der Waals surface area contributed by atoms with Crippen molar-refractivity contribution in [1.82, 2.24) is 15.6 Å². The van der Waals surface area contributed by atoms with Crippen LogP contribution in [0.4, 0.5) is 0 Å². The van der Waals surface area contributed by atoms with Gasteiger partial charge in [0, 0.05) is 30.9 Å².